The third-order valence-electron chi connectivity index (χ3n) is 1.53. The maximum Gasteiger partial charge on any atom is 0.168 e. The van der Waals surface area contributed by atoms with E-state index in [0.29, 0.717) is 12.1 Å². The third kappa shape index (κ3) is 1.16. The summed E-state index contributed by atoms with van der Waals surface area (Å²) in [5, 5.41) is 3.10. The van der Waals surface area contributed by atoms with Crippen molar-refractivity contribution in [1.29, 1.82) is 0 Å². The van der Waals surface area contributed by atoms with Gasteiger partial charge < -0.3 is 10.1 Å². The zero-order valence-electron chi connectivity index (χ0n) is 6.00. The fraction of sp³-hybridized carbons (Fsp3) is 0.286. The Kier molecular flexibility index (Phi) is 1.45. The third-order valence-corrected chi connectivity index (χ3v) is 1.53. The molecule has 0 fully saturated rings. The molecule has 1 aliphatic rings. The van der Waals surface area contributed by atoms with Crippen LogP contribution in [0, 0.1) is 0 Å². The van der Waals surface area contributed by atoms with E-state index >= 15 is 0 Å². The average Bonchev–Trinajstić information content (AvgIpc) is 2.04. The molecule has 2 rings (SSSR count). The summed E-state index contributed by atoms with van der Waals surface area (Å²) in [6.45, 7) is 1.49. The van der Waals surface area contributed by atoms with E-state index in [2.05, 4.69) is 10.3 Å². The van der Waals surface area contributed by atoms with E-state index in [-0.39, 0.29) is 0 Å². The first kappa shape index (κ1) is 6.52. The summed E-state index contributed by atoms with van der Waals surface area (Å²) in [7, 11) is 5.51. The number of nitrogens with one attached hydrogen (secondary N) is 1. The number of rotatable bonds is 0. The van der Waals surface area contributed by atoms with E-state index in [1.165, 1.54) is 0 Å². The fourth-order valence-electron chi connectivity index (χ4n) is 1.03. The van der Waals surface area contributed by atoms with Crippen LogP contribution in [0.3, 0.4) is 0 Å². The normalized spacial score (nSPS) is 14.5. The molecule has 1 N–H and O–H groups in total. The van der Waals surface area contributed by atoms with Crippen molar-refractivity contribution >= 4 is 19.1 Å². The Balaban J connectivity index is 2.43. The Bertz CT molecular complexity index is 277. The van der Waals surface area contributed by atoms with Gasteiger partial charge in [0.05, 0.1) is 6.54 Å². The predicted molar refractivity (Wildman–Crippen MR) is 43.6 cm³/mol. The zero-order valence-corrected chi connectivity index (χ0v) is 6.00. The molecule has 2 radical (unpaired) electrons. The Hall–Kier alpha value is -1.19. The summed E-state index contributed by atoms with van der Waals surface area (Å²) in [5.74, 6) is 1.53. The molecule has 0 aliphatic carbocycles. The van der Waals surface area contributed by atoms with Crippen molar-refractivity contribution in [2.75, 3.05) is 18.5 Å². The van der Waals surface area contributed by atoms with E-state index in [1.54, 1.807) is 12.3 Å². The summed E-state index contributed by atoms with van der Waals surface area (Å²) < 4.78 is 5.30. The molecular weight excluding hydrogens is 139 g/mol. The smallest absolute Gasteiger partial charge is 0.168 e. The van der Waals surface area contributed by atoms with Crippen LogP contribution in [0.2, 0.25) is 0 Å². The molecule has 1 aromatic rings. The van der Waals surface area contributed by atoms with Crippen molar-refractivity contribution < 1.29 is 4.74 Å². The SMILES string of the molecule is [B]c1cnc2c(c1)OCCN2. The van der Waals surface area contributed by atoms with Crippen LogP contribution in [0.4, 0.5) is 5.82 Å². The Morgan fingerprint density at radius 1 is 1.64 bits per heavy atom. The highest BCUT2D eigenvalue weighted by Gasteiger charge is 2.09. The van der Waals surface area contributed by atoms with Gasteiger partial charge in [0.15, 0.2) is 11.6 Å². The summed E-state index contributed by atoms with van der Waals surface area (Å²) in [5.41, 5.74) is 0.632. The van der Waals surface area contributed by atoms with E-state index in [9.17, 15) is 0 Å². The second-order valence-electron chi connectivity index (χ2n) is 2.39. The zero-order chi connectivity index (χ0) is 7.68. The molecule has 0 bridgehead atoms. The minimum absolute atomic E-state index is 0.632. The standard InChI is InChI=1S/C7H7BN2O/c8-5-3-6-7(10-4-5)9-1-2-11-6/h3-4H,1-2H2,(H,9,10). The number of hydrogen-bond acceptors (Lipinski definition) is 3. The summed E-state index contributed by atoms with van der Waals surface area (Å²) in [4.78, 5) is 4.06. The van der Waals surface area contributed by atoms with E-state index in [0.717, 1.165) is 18.1 Å². The molecule has 0 spiro atoms. The largest absolute Gasteiger partial charge is 0.488 e. The van der Waals surface area contributed by atoms with Gasteiger partial charge in [-0.1, -0.05) is 5.46 Å². The first-order valence-corrected chi connectivity index (χ1v) is 3.48. The number of fused-ring (bicyclic) bond motifs is 1. The van der Waals surface area contributed by atoms with Crippen LogP contribution in [0.1, 0.15) is 0 Å². The molecule has 3 nitrogen and oxygen atoms in total. The molecule has 0 unspecified atom stereocenters. The molecule has 1 aliphatic heterocycles. The van der Waals surface area contributed by atoms with E-state index in [4.69, 9.17) is 12.6 Å². The van der Waals surface area contributed by atoms with Gasteiger partial charge in [-0.15, -0.1) is 0 Å². The quantitative estimate of drug-likeness (QED) is 0.509. The van der Waals surface area contributed by atoms with E-state index in [1.807, 2.05) is 0 Å². The van der Waals surface area contributed by atoms with Gasteiger partial charge in [0, 0.05) is 6.20 Å². The molecule has 2 heterocycles. The Labute approximate surface area is 66.2 Å². The molecule has 0 saturated heterocycles. The van der Waals surface area contributed by atoms with Crippen LogP contribution in [-0.2, 0) is 0 Å². The van der Waals surface area contributed by atoms with Gasteiger partial charge >= 0.3 is 0 Å². The number of aromatic nitrogens is 1. The van der Waals surface area contributed by atoms with Crippen molar-refractivity contribution in [1.82, 2.24) is 4.98 Å². The van der Waals surface area contributed by atoms with Crippen molar-refractivity contribution in [3.8, 4) is 5.75 Å². The second-order valence-corrected chi connectivity index (χ2v) is 2.39. The molecule has 1 aromatic heterocycles. The molecule has 0 amide bonds. The monoisotopic (exact) mass is 146 g/mol. The van der Waals surface area contributed by atoms with Crippen molar-refractivity contribution in [3.05, 3.63) is 12.3 Å². The lowest BCUT2D eigenvalue weighted by Gasteiger charge is -2.17. The minimum atomic E-state index is 0.632. The summed E-state index contributed by atoms with van der Waals surface area (Å²) >= 11 is 0. The van der Waals surface area contributed by atoms with Crippen LogP contribution in [0.15, 0.2) is 12.3 Å². The molecule has 0 aromatic carbocycles. The van der Waals surface area contributed by atoms with Crippen LogP contribution in [0.5, 0.6) is 5.75 Å². The molecular formula is C7H7BN2O. The Morgan fingerprint density at radius 3 is 3.45 bits per heavy atom. The van der Waals surface area contributed by atoms with Gasteiger partial charge in [0.1, 0.15) is 14.5 Å². The van der Waals surface area contributed by atoms with Gasteiger partial charge in [-0.05, 0) is 6.07 Å². The molecule has 0 saturated carbocycles. The van der Waals surface area contributed by atoms with Gasteiger partial charge in [-0.2, -0.15) is 0 Å². The highest BCUT2D eigenvalue weighted by molar-refractivity contribution is 6.32. The van der Waals surface area contributed by atoms with Gasteiger partial charge in [-0.25, -0.2) is 4.98 Å². The van der Waals surface area contributed by atoms with E-state index < -0.39 is 0 Å². The maximum atomic E-state index is 5.51. The molecule has 0 atom stereocenters. The average molecular weight is 146 g/mol. The fourth-order valence-corrected chi connectivity index (χ4v) is 1.03. The van der Waals surface area contributed by atoms with Crippen molar-refractivity contribution in [3.63, 3.8) is 0 Å². The molecule has 4 heteroatoms. The number of ether oxygens (including phenoxy) is 1. The number of nitrogens with zero attached hydrogens (tertiary/aromatic N) is 1. The number of hydrogen-bond donors (Lipinski definition) is 1. The van der Waals surface area contributed by atoms with Gasteiger partial charge in [0.2, 0.25) is 0 Å². The van der Waals surface area contributed by atoms with Crippen molar-refractivity contribution in [2.45, 2.75) is 0 Å². The second kappa shape index (κ2) is 2.45. The van der Waals surface area contributed by atoms with Crippen LogP contribution < -0.4 is 15.5 Å². The molecule has 11 heavy (non-hydrogen) atoms. The predicted octanol–water partition coefficient (Wildman–Crippen LogP) is -0.320. The highest BCUT2D eigenvalue weighted by Crippen LogP contribution is 2.21. The summed E-state index contributed by atoms with van der Waals surface area (Å²) in [6, 6.07) is 1.77. The molecule has 54 valence electrons. The summed E-state index contributed by atoms with van der Waals surface area (Å²) in [6.07, 6.45) is 1.61. The minimum Gasteiger partial charge on any atom is -0.488 e. The lowest BCUT2D eigenvalue weighted by Crippen LogP contribution is -2.20. The first-order valence-electron chi connectivity index (χ1n) is 3.48. The number of pyridine rings is 1. The number of anilines is 1. The first-order chi connectivity index (χ1) is 5.36. The van der Waals surface area contributed by atoms with Gasteiger partial charge in [0.25, 0.3) is 0 Å². The Morgan fingerprint density at radius 2 is 2.55 bits per heavy atom. The topological polar surface area (TPSA) is 34.1 Å². The lowest BCUT2D eigenvalue weighted by atomic mass is 9.99. The lowest BCUT2D eigenvalue weighted by molar-refractivity contribution is 0.322. The highest BCUT2D eigenvalue weighted by atomic mass is 16.5. The van der Waals surface area contributed by atoms with Crippen molar-refractivity contribution in [2.24, 2.45) is 0 Å². The maximum absolute atomic E-state index is 5.51. The van der Waals surface area contributed by atoms with Crippen LogP contribution in [-0.4, -0.2) is 26.0 Å². The van der Waals surface area contributed by atoms with Gasteiger partial charge in [-0.3, -0.25) is 0 Å². The van der Waals surface area contributed by atoms with Crippen LogP contribution in [0.25, 0.3) is 0 Å². The van der Waals surface area contributed by atoms with Crippen LogP contribution >= 0.6 is 0 Å².